The molecule has 0 rings (SSSR count). The highest BCUT2D eigenvalue weighted by atomic mass is 32.2. The van der Waals surface area contributed by atoms with Crippen LogP contribution in [0.4, 0.5) is 0 Å². The second kappa shape index (κ2) is 32.4. The normalized spacial score (nSPS) is 15.6. The fraction of sp³-hybridized carbons (Fsp3) is 1.00. The van der Waals surface area contributed by atoms with E-state index in [0.29, 0.717) is 64.8 Å². The lowest BCUT2D eigenvalue weighted by Crippen LogP contribution is -2.44. The van der Waals surface area contributed by atoms with Crippen LogP contribution in [0.5, 0.6) is 0 Å². The van der Waals surface area contributed by atoms with Crippen LogP contribution in [-0.4, -0.2) is 193 Å². The van der Waals surface area contributed by atoms with Crippen LogP contribution in [0, 0.1) is 5.92 Å². The van der Waals surface area contributed by atoms with Gasteiger partial charge < -0.3 is 64.8 Å². The van der Waals surface area contributed by atoms with Crippen LogP contribution in [-0.2, 0) is 25.3 Å². The number of nitrogens with two attached hydrogens (primary N) is 1. The van der Waals surface area contributed by atoms with Crippen LogP contribution in [0.2, 0.25) is 6.04 Å². The largest absolute Gasteiger partial charge is 0.492 e. The molecule has 0 amide bonds. The average Bonchev–Trinajstić information content (AvgIpc) is 3.02. The SMILES string of the molecule is CCCCC(CC)COCC(O)CN(CCN)CCNCCNCCN(CC(O)COCCCS(=O)O)CC(O)COCCC[Si](O)(O)O. The smallest absolute Gasteiger partial charge is 0.390 e. The molecule has 0 aliphatic rings. The maximum atomic E-state index is 10.8. The Kier molecular flexibility index (Phi) is 32.3. The van der Waals surface area contributed by atoms with Gasteiger partial charge in [-0.1, -0.05) is 33.1 Å². The Morgan fingerprint density at radius 1 is 0.735 bits per heavy atom. The van der Waals surface area contributed by atoms with Gasteiger partial charge in [0.05, 0.1) is 43.9 Å². The molecule has 5 atom stereocenters. The molecule has 11 N–H and O–H groups in total. The molecule has 0 aromatic carbocycles. The van der Waals surface area contributed by atoms with Crippen LogP contribution < -0.4 is 16.4 Å². The molecular weight excluding hydrogens is 679 g/mol. The summed E-state index contributed by atoms with van der Waals surface area (Å²) in [4.78, 5) is 31.3. The maximum Gasteiger partial charge on any atom is 0.492 e. The number of unbranched alkanes of at least 4 members (excludes halogenated alkanes) is 1. The van der Waals surface area contributed by atoms with Gasteiger partial charge in [-0.25, -0.2) is 4.21 Å². The van der Waals surface area contributed by atoms with Crippen molar-refractivity contribution in [3.8, 4) is 0 Å². The molecule has 0 radical (unpaired) electrons. The van der Waals surface area contributed by atoms with Gasteiger partial charge in [0.2, 0.25) is 0 Å². The number of hydrogen-bond acceptors (Lipinski definition) is 15. The maximum absolute atomic E-state index is 10.8. The van der Waals surface area contributed by atoms with Gasteiger partial charge in [-0.05, 0) is 25.2 Å². The van der Waals surface area contributed by atoms with E-state index < -0.39 is 38.2 Å². The topological polar surface area (TPSA) is 243 Å². The van der Waals surface area contributed by atoms with E-state index in [1.54, 1.807) is 0 Å². The predicted molar refractivity (Wildman–Crippen MR) is 194 cm³/mol. The Hall–Kier alpha value is -0.233. The van der Waals surface area contributed by atoms with Crippen LogP contribution >= 0.6 is 0 Å². The number of aliphatic hydroxyl groups excluding tert-OH is 3. The molecule has 0 fully saturated rings. The van der Waals surface area contributed by atoms with Crippen molar-refractivity contribution >= 4 is 19.9 Å². The molecule has 0 aliphatic heterocycles. The van der Waals surface area contributed by atoms with Crippen molar-refractivity contribution in [3.05, 3.63) is 0 Å². The molecule has 16 nitrogen and oxygen atoms in total. The lowest BCUT2D eigenvalue weighted by Gasteiger charge is -2.27. The van der Waals surface area contributed by atoms with Crippen molar-refractivity contribution in [2.24, 2.45) is 11.7 Å². The summed E-state index contributed by atoms with van der Waals surface area (Å²) in [6.07, 6.45) is 3.03. The molecular formula is C31H71N5O11SSi. The number of rotatable bonds is 37. The molecule has 49 heavy (non-hydrogen) atoms. The van der Waals surface area contributed by atoms with Gasteiger partial charge in [0.15, 0.2) is 11.1 Å². The summed E-state index contributed by atoms with van der Waals surface area (Å²) in [5.74, 6) is 0.647. The number of nitrogens with one attached hydrogen (secondary N) is 2. The first-order valence-electron chi connectivity index (χ1n) is 18.0. The highest BCUT2D eigenvalue weighted by Crippen LogP contribution is 2.13. The second-order valence-corrected chi connectivity index (χ2v) is 15.8. The fourth-order valence-corrected chi connectivity index (χ4v) is 6.07. The molecule has 0 saturated carbocycles. The van der Waals surface area contributed by atoms with Gasteiger partial charge in [-0.2, -0.15) is 0 Å². The zero-order chi connectivity index (χ0) is 36.8. The van der Waals surface area contributed by atoms with E-state index in [1.165, 1.54) is 12.8 Å². The molecule has 296 valence electrons. The summed E-state index contributed by atoms with van der Waals surface area (Å²) in [5.41, 5.74) is 5.80. The first-order chi connectivity index (χ1) is 23.4. The lowest BCUT2D eigenvalue weighted by atomic mass is 10.0. The number of aliphatic hydroxyl groups is 3. The summed E-state index contributed by atoms with van der Waals surface area (Å²) in [6.45, 7) is 12.1. The molecule has 18 heteroatoms. The molecule has 0 heterocycles. The Morgan fingerprint density at radius 3 is 1.78 bits per heavy atom. The molecule has 5 unspecified atom stereocenters. The van der Waals surface area contributed by atoms with Crippen LogP contribution in [0.1, 0.15) is 52.4 Å². The molecule has 0 saturated heterocycles. The lowest BCUT2D eigenvalue weighted by molar-refractivity contribution is -0.00972. The quantitative estimate of drug-likeness (QED) is 0.0188. The van der Waals surface area contributed by atoms with Crippen molar-refractivity contribution in [1.29, 1.82) is 0 Å². The summed E-state index contributed by atoms with van der Waals surface area (Å²) in [5, 5.41) is 38.2. The van der Waals surface area contributed by atoms with Gasteiger partial charge in [0.1, 0.15) is 0 Å². The zero-order valence-corrected chi connectivity index (χ0v) is 31.9. The molecule has 0 aromatic rings. The van der Waals surface area contributed by atoms with Gasteiger partial charge in [-0.15, -0.1) is 0 Å². The first kappa shape index (κ1) is 48.8. The minimum absolute atomic E-state index is 0.0131. The van der Waals surface area contributed by atoms with E-state index in [4.69, 9.17) is 38.9 Å². The van der Waals surface area contributed by atoms with Crippen LogP contribution in [0.15, 0.2) is 0 Å². The Labute approximate surface area is 298 Å². The van der Waals surface area contributed by atoms with E-state index in [-0.39, 0.29) is 57.7 Å². The third-order valence-electron chi connectivity index (χ3n) is 7.78. The van der Waals surface area contributed by atoms with E-state index in [1.807, 2.05) is 4.90 Å². The van der Waals surface area contributed by atoms with E-state index >= 15 is 0 Å². The summed E-state index contributed by atoms with van der Waals surface area (Å²) >= 11 is -1.88. The van der Waals surface area contributed by atoms with Crippen LogP contribution in [0.25, 0.3) is 0 Å². The van der Waals surface area contributed by atoms with Crippen molar-refractivity contribution in [2.75, 3.05) is 117 Å². The molecule has 0 aliphatic carbocycles. The van der Waals surface area contributed by atoms with Gasteiger partial charge in [-0.3, -0.25) is 9.80 Å². The van der Waals surface area contributed by atoms with Crippen molar-refractivity contribution in [2.45, 2.75) is 76.7 Å². The fourth-order valence-electron chi connectivity index (χ4n) is 5.09. The Balaban J connectivity index is 4.47. The average molecular weight is 750 g/mol. The predicted octanol–water partition coefficient (Wildman–Crippen LogP) is -2.01. The third kappa shape index (κ3) is 33.4. The van der Waals surface area contributed by atoms with E-state index in [0.717, 1.165) is 32.5 Å². The molecule has 0 bridgehead atoms. The van der Waals surface area contributed by atoms with Crippen molar-refractivity contribution in [3.63, 3.8) is 0 Å². The zero-order valence-electron chi connectivity index (χ0n) is 30.1. The minimum Gasteiger partial charge on any atom is -0.390 e. The van der Waals surface area contributed by atoms with Crippen molar-refractivity contribution in [1.82, 2.24) is 20.4 Å². The second-order valence-electron chi connectivity index (χ2n) is 12.7. The molecule has 0 aromatic heterocycles. The van der Waals surface area contributed by atoms with Crippen LogP contribution in [0.3, 0.4) is 0 Å². The minimum atomic E-state index is -4.11. The summed E-state index contributed by atoms with van der Waals surface area (Å²) in [7, 11) is -4.11. The summed E-state index contributed by atoms with van der Waals surface area (Å²) in [6, 6.07) is -0.139. The van der Waals surface area contributed by atoms with E-state index in [2.05, 4.69) is 29.4 Å². The number of nitrogens with zero attached hydrogens (tertiary/aromatic N) is 2. The highest BCUT2D eigenvalue weighted by Gasteiger charge is 2.25. The summed E-state index contributed by atoms with van der Waals surface area (Å²) < 4.78 is 36.3. The Morgan fingerprint density at radius 2 is 1.27 bits per heavy atom. The third-order valence-corrected chi connectivity index (χ3v) is 9.44. The van der Waals surface area contributed by atoms with Gasteiger partial charge in [0.25, 0.3) is 0 Å². The van der Waals surface area contributed by atoms with Gasteiger partial charge >= 0.3 is 8.80 Å². The standard InChI is InChI=1S/C31H71N5O11SSi/c1-3-5-8-28(4-2)24-47-27-29(37)21-35(14-9-32)15-12-33-10-11-34-13-16-36(22-30(38)25-45-17-6-19-48(40)41)23-31(39)26-46-18-7-20-49(42,43)44/h28-31,33-34,37-39,42-44H,3-27,32H2,1-2H3,(H,40,41). The number of ether oxygens (including phenoxy) is 3. The van der Waals surface area contributed by atoms with Crippen molar-refractivity contribution < 1.29 is 52.7 Å². The first-order valence-corrected chi connectivity index (χ1v) is 21.3. The Bertz CT molecular complexity index is 767. The van der Waals surface area contributed by atoms with Gasteiger partial charge in [0, 0.05) is 97.9 Å². The van der Waals surface area contributed by atoms with E-state index in [9.17, 15) is 19.5 Å². The highest BCUT2D eigenvalue weighted by molar-refractivity contribution is 7.79. The molecule has 0 spiro atoms. The monoisotopic (exact) mass is 749 g/mol. The number of hydrogen-bond donors (Lipinski definition) is 10.